The Labute approximate surface area is 192 Å². The van der Waals surface area contributed by atoms with Gasteiger partial charge in [-0.2, -0.15) is 0 Å². The van der Waals surface area contributed by atoms with Gasteiger partial charge in [-0.15, -0.1) is 0 Å². The first-order valence-corrected chi connectivity index (χ1v) is 11.2. The Morgan fingerprint density at radius 3 is 2.09 bits per heavy atom. The zero-order valence-corrected chi connectivity index (χ0v) is 19.5. The molecule has 32 heavy (non-hydrogen) atoms. The molecular formula is C31H33N. The Balaban J connectivity index is 2.05. The Hall–Kier alpha value is -3.58. The average molecular weight is 420 g/mol. The van der Waals surface area contributed by atoms with Crippen LogP contribution in [0.4, 0.5) is 0 Å². The van der Waals surface area contributed by atoms with Gasteiger partial charge in [0.25, 0.3) is 0 Å². The molecule has 0 bridgehead atoms. The van der Waals surface area contributed by atoms with Crippen molar-refractivity contribution >= 4 is 18.7 Å². The largest absolute Gasteiger partial charge is 0.312 e. The highest BCUT2D eigenvalue weighted by Gasteiger charge is 2.08. The van der Waals surface area contributed by atoms with E-state index in [1.165, 1.54) is 22.3 Å². The maximum absolute atomic E-state index is 4.35. The Morgan fingerprint density at radius 2 is 1.44 bits per heavy atom. The third-order valence-electron chi connectivity index (χ3n) is 5.73. The summed E-state index contributed by atoms with van der Waals surface area (Å²) in [6.45, 7) is 15.1. The second kappa shape index (κ2) is 11.2. The van der Waals surface area contributed by atoms with Crippen molar-refractivity contribution < 1.29 is 0 Å². The smallest absolute Gasteiger partial charge is 0.0461 e. The lowest BCUT2D eigenvalue weighted by Crippen LogP contribution is -2.27. The van der Waals surface area contributed by atoms with Crippen LogP contribution in [0.3, 0.4) is 0 Å². The predicted octanol–water partition coefficient (Wildman–Crippen LogP) is 7.09. The van der Waals surface area contributed by atoms with Crippen LogP contribution >= 0.6 is 0 Å². The van der Waals surface area contributed by atoms with E-state index in [9.17, 15) is 0 Å². The summed E-state index contributed by atoms with van der Waals surface area (Å²) in [5, 5.41) is 1.77. The minimum absolute atomic E-state index is 0.444. The van der Waals surface area contributed by atoms with Gasteiger partial charge in [0.1, 0.15) is 0 Å². The van der Waals surface area contributed by atoms with Crippen LogP contribution in [0, 0.1) is 5.92 Å². The molecule has 0 radical (unpaired) electrons. The summed E-state index contributed by atoms with van der Waals surface area (Å²) in [5.74, 6) is 0.444. The Kier molecular flexibility index (Phi) is 8.05. The molecule has 162 valence electrons. The number of hydrogen-bond acceptors (Lipinski definition) is 0. The molecule has 1 heterocycles. The standard InChI is InChI=1S/C31H33N/c1-6-8-13-24(3)31(7-2)29-17-12-14-25(4)32(26(5)18-19-29)30-22-20-28(21-23-30)27-15-10-9-11-16-27/h6-12,14-24H,4-5,13H2,1-3H3/b8-6-,14-12?,19-18?,29-17?,31-7+. The molecular weight excluding hydrogens is 386 g/mol. The molecule has 2 aromatic carbocycles. The van der Waals surface area contributed by atoms with Crippen molar-refractivity contribution in [2.45, 2.75) is 27.2 Å². The van der Waals surface area contributed by atoms with Crippen LogP contribution in [0.5, 0.6) is 0 Å². The summed E-state index contributed by atoms with van der Waals surface area (Å²) in [5.41, 5.74) is 5.99. The van der Waals surface area contributed by atoms with E-state index in [1.807, 2.05) is 12.1 Å². The summed E-state index contributed by atoms with van der Waals surface area (Å²) < 4.78 is 2.09. The van der Waals surface area contributed by atoms with Crippen LogP contribution < -0.4 is 10.7 Å². The monoisotopic (exact) mass is 419 g/mol. The number of aromatic nitrogens is 1. The van der Waals surface area contributed by atoms with Crippen molar-refractivity contribution in [2.24, 2.45) is 5.92 Å². The fourth-order valence-corrected chi connectivity index (χ4v) is 4.00. The number of hydrogen-bond donors (Lipinski definition) is 0. The predicted molar refractivity (Wildman–Crippen MR) is 141 cm³/mol. The minimum Gasteiger partial charge on any atom is -0.312 e. The van der Waals surface area contributed by atoms with Gasteiger partial charge in [0.2, 0.25) is 0 Å². The van der Waals surface area contributed by atoms with E-state index in [0.29, 0.717) is 5.92 Å². The highest BCUT2D eigenvalue weighted by Crippen LogP contribution is 2.25. The molecule has 0 aliphatic heterocycles. The fraction of sp³-hybridized carbons (Fsp3) is 0.161. The van der Waals surface area contributed by atoms with E-state index >= 15 is 0 Å². The second-order valence-electron chi connectivity index (χ2n) is 8.00. The van der Waals surface area contributed by atoms with Crippen molar-refractivity contribution in [3.63, 3.8) is 0 Å². The molecule has 0 fully saturated rings. The number of allylic oxidation sites excluding steroid dienone is 4. The molecule has 0 saturated heterocycles. The number of nitrogens with zero attached hydrogens (tertiary/aromatic N) is 1. The molecule has 1 aromatic heterocycles. The first kappa shape index (κ1) is 23.1. The summed E-state index contributed by atoms with van der Waals surface area (Å²) in [4.78, 5) is 0. The maximum Gasteiger partial charge on any atom is 0.0461 e. The molecule has 1 heteroatoms. The highest BCUT2D eigenvalue weighted by molar-refractivity contribution is 5.67. The minimum atomic E-state index is 0.444. The lowest BCUT2D eigenvalue weighted by molar-refractivity contribution is 0.764. The van der Waals surface area contributed by atoms with Gasteiger partial charge in [-0.3, -0.25) is 0 Å². The zero-order valence-electron chi connectivity index (χ0n) is 19.5. The summed E-state index contributed by atoms with van der Waals surface area (Å²) in [7, 11) is 0. The van der Waals surface area contributed by atoms with Crippen molar-refractivity contribution in [3.8, 4) is 16.8 Å². The van der Waals surface area contributed by atoms with E-state index in [2.05, 4.69) is 130 Å². The molecule has 0 aliphatic carbocycles. The molecule has 1 nitrogen and oxygen atoms in total. The van der Waals surface area contributed by atoms with Crippen LogP contribution in [-0.4, -0.2) is 4.57 Å². The van der Waals surface area contributed by atoms with Crippen LogP contribution in [-0.2, 0) is 0 Å². The van der Waals surface area contributed by atoms with Gasteiger partial charge in [0.15, 0.2) is 0 Å². The third-order valence-corrected chi connectivity index (χ3v) is 5.73. The third kappa shape index (κ3) is 5.56. The van der Waals surface area contributed by atoms with Crippen molar-refractivity contribution in [2.75, 3.05) is 0 Å². The van der Waals surface area contributed by atoms with E-state index in [4.69, 9.17) is 0 Å². The van der Waals surface area contributed by atoms with Crippen LogP contribution in [0.25, 0.3) is 35.5 Å². The van der Waals surface area contributed by atoms with Crippen LogP contribution in [0.15, 0.2) is 103 Å². The first-order chi connectivity index (χ1) is 15.5. The lowest BCUT2D eigenvalue weighted by atomic mass is 9.91. The van der Waals surface area contributed by atoms with Gasteiger partial charge < -0.3 is 4.57 Å². The fourth-order valence-electron chi connectivity index (χ4n) is 4.00. The van der Waals surface area contributed by atoms with Gasteiger partial charge in [-0.05, 0) is 72.7 Å². The molecule has 1 atom stereocenters. The number of benzene rings is 2. The summed E-state index contributed by atoms with van der Waals surface area (Å²) in [6.07, 6.45) is 7.58. The van der Waals surface area contributed by atoms with Crippen molar-refractivity contribution in [3.05, 3.63) is 119 Å². The molecule has 1 unspecified atom stereocenters. The summed E-state index contributed by atoms with van der Waals surface area (Å²) in [6, 6.07) is 29.5. The zero-order chi connectivity index (χ0) is 22.9. The molecule has 3 aromatic rings. The summed E-state index contributed by atoms with van der Waals surface area (Å²) >= 11 is 0. The normalized spacial score (nSPS) is 12.5. The molecule has 0 saturated carbocycles. The van der Waals surface area contributed by atoms with E-state index in [0.717, 1.165) is 22.8 Å². The second-order valence-corrected chi connectivity index (χ2v) is 8.00. The van der Waals surface area contributed by atoms with Gasteiger partial charge in [-0.25, -0.2) is 0 Å². The van der Waals surface area contributed by atoms with E-state index in [1.54, 1.807) is 0 Å². The molecule has 0 N–H and O–H groups in total. The van der Waals surface area contributed by atoms with Gasteiger partial charge in [-0.1, -0.05) is 99.0 Å². The average Bonchev–Trinajstić information content (AvgIpc) is 2.88. The quantitative estimate of drug-likeness (QED) is 0.376. The van der Waals surface area contributed by atoms with Gasteiger partial charge >= 0.3 is 0 Å². The lowest BCUT2D eigenvalue weighted by Gasteiger charge is -2.13. The van der Waals surface area contributed by atoms with Crippen LogP contribution in [0.1, 0.15) is 32.8 Å². The Morgan fingerprint density at radius 1 is 0.781 bits per heavy atom. The maximum atomic E-state index is 4.35. The van der Waals surface area contributed by atoms with Gasteiger partial charge in [0.05, 0.1) is 0 Å². The molecule has 3 rings (SSSR count). The Bertz CT molecular complexity index is 1240. The van der Waals surface area contributed by atoms with E-state index < -0.39 is 0 Å². The highest BCUT2D eigenvalue weighted by atomic mass is 15.0. The topological polar surface area (TPSA) is 4.93 Å². The number of rotatable bonds is 6. The van der Waals surface area contributed by atoms with E-state index in [-0.39, 0.29) is 0 Å². The van der Waals surface area contributed by atoms with Crippen molar-refractivity contribution in [1.82, 2.24) is 4.57 Å². The van der Waals surface area contributed by atoms with Crippen LogP contribution in [0.2, 0.25) is 0 Å². The first-order valence-electron chi connectivity index (χ1n) is 11.2. The molecule has 0 aliphatic rings. The van der Waals surface area contributed by atoms with Crippen molar-refractivity contribution in [1.29, 1.82) is 0 Å². The SMILES string of the molecule is C=c1cccc(/C(=C/C)C(C)C/C=C\C)ccc(=C)n1-c1ccc(-c2ccccc2)cc1. The van der Waals surface area contributed by atoms with Gasteiger partial charge in [0, 0.05) is 16.4 Å². The molecule has 0 spiro atoms. The molecule has 0 amide bonds.